The summed E-state index contributed by atoms with van der Waals surface area (Å²) >= 11 is 0. The predicted molar refractivity (Wildman–Crippen MR) is 61.1 cm³/mol. The van der Waals surface area contributed by atoms with Crippen LogP contribution in [0.3, 0.4) is 0 Å². The first-order valence-electron chi connectivity index (χ1n) is 5.19. The first-order chi connectivity index (χ1) is 7.13. The van der Waals surface area contributed by atoms with Crippen LogP contribution < -0.4 is 10.1 Å². The molecule has 1 unspecified atom stereocenters. The summed E-state index contributed by atoms with van der Waals surface area (Å²) in [4.78, 5) is 0. The summed E-state index contributed by atoms with van der Waals surface area (Å²) in [6.07, 6.45) is -0.314. The standard InChI is InChI=1S/C12H19NO2/c1-9(14)8-13-10(2)11-4-6-12(15-3)7-5-11/h4-7,9-10,13-14H,8H2,1-3H3/t9-,10?/m1/s1. The van der Waals surface area contributed by atoms with Crippen LogP contribution in [0.4, 0.5) is 0 Å². The Hall–Kier alpha value is -1.06. The molecule has 3 heteroatoms. The molecule has 0 fully saturated rings. The van der Waals surface area contributed by atoms with E-state index in [2.05, 4.69) is 12.2 Å². The average Bonchev–Trinajstić information content (AvgIpc) is 2.26. The quantitative estimate of drug-likeness (QED) is 0.776. The first-order valence-corrected chi connectivity index (χ1v) is 5.19. The van der Waals surface area contributed by atoms with Crippen LogP contribution >= 0.6 is 0 Å². The van der Waals surface area contributed by atoms with E-state index in [1.165, 1.54) is 5.56 Å². The number of aliphatic hydroxyl groups excluding tert-OH is 1. The van der Waals surface area contributed by atoms with Crippen molar-refractivity contribution in [2.24, 2.45) is 0 Å². The zero-order valence-corrected chi connectivity index (χ0v) is 9.53. The average molecular weight is 209 g/mol. The van der Waals surface area contributed by atoms with E-state index in [0.29, 0.717) is 6.54 Å². The number of hydrogen-bond acceptors (Lipinski definition) is 3. The zero-order valence-electron chi connectivity index (χ0n) is 9.53. The van der Waals surface area contributed by atoms with Gasteiger partial charge in [-0.3, -0.25) is 0 Å². The van der Waals surface area contributed by atoms with Gasteiger partial charge in [0.05, 0.1) is 13.2 Å². The van der Waals surface area contributed by atoms with Crippen molar-refractivity contribution in [2.75, 3.05) is 13.7 Å². The molecular formula is C12H19NO2. The van der Waals surface area contributed by atoms with E-state index >= 15 is 0 Å². The van der Waals surface area contributed by atoms with Crippen molar-refractivity contribution in [1.82, 2.24) is 5.32 Å². The number of nitrogens with one attached hydrogen (secondary N) is 1. The van der Waals surface area contributed by atoms with Crippen molar-refractivity contribution in [3.63, 3.8) is 0 Å². The monoisotopic (exact) mass is 209 g/mol. The van der Waals surface area contributed by atoms with E-state index in [1.54, 1.807) is 14.0 Å². The molecule has 0 saturated carbocycles. The molecule has 0 aliphatic rings. The topological polar surface area (TPSA) is 41.5 Å². The molecule has 0 aliphatic heterocycles. The van der Waals surface area contributed by atoms with Crippen LogP contribution in [0.5, 0.6) is 5.75 Å². The largest absolute Gasteiger partial charge is 0.497 e. The molecule has 0 spiro atoms. The highest BCUT2D eigenvalue weighted by Crippen LogP contribution is 2.16. The molecule has 2 atom stereocenters. The van der Waals surface area contributed by atoms with Crippen molar-refractivity contribution in [3.05, 3.63) is 29.8 Å². The summed E-state index contributed by atoms with van der Waals surface area (Å²) in [7, 11) is 1.66. The van der Waals surface area contributed by atoms with Gasteiger partial charge in [-0.2, -0.15) is 0 Å². The molecule has 0 amide bonds. The molecule has 3 nitrogen and oxygen atoms in total. The fraction of sp³-hybridized carbons (Fsp3) is 0.500. The minimum absolute atomic E-state index is 0.241. The summed E-state index contributed by atoms with van der Waals surface area (Å²) in [5.74, 6) is 0.862. The van der Waals surface area contributed by atoms with Crippen LogP contribution in [0, 0.1) is 0 Å². The summed E-state index contributed by atoms with van der Waals surface area (Å²) in [5, 5.41) is 12.4. The number of benzene rings is 1. The predicted octanol–water partition coefficient (Wildman–Crippen LogP) is 1.73. The fourth-order valence-electron chi connectivity index (χ4n) is 1.36. The van der Waals surface area contributed by atoms with Gasteiger partial charge < -0.3 is 15.2 Å². The SMILES string of the molecule is COc1ccc(C(C)NC[C@@H](C)O)cc1. The summed E-state index contributed by atoms with van der Waals surface area (Å²) < 4.78 is 5.09. The normalized spacial score (nSPS) is 14.7. The molecule has 0 aliphatic carbocycles. The fourth-order valence-corrected chi connectivity index (χ4v) is 1.36. The molecule has 0 aromatic heterocycles. The van der Waals surface area contributed by atoms with E-state index in [1.807, 2.05) is 24.3 Å². The maximum atomic E-state index is 9.15. The third kappa shape index (κ3) is 3.90. The number of methoxy groups -OCH3 is 1. The third-order valence-electron chi connectivity index (χ3n) is 2.34. The number of ether oxygens (including phenoxy) is 1. The lowest BCUT2D eigenvalue weighted by atomic mass is 10.1. The lowest BCUT2D eigenvalue weighted by Crippen LogP contribution is -2.27. The molecule has 84 valence electrons. The Balaban J connectivity index is 2.54. The molecule has 1 aromatic carbocycles. The Morgan fingerprint density at radius 3 is 2.33 bits per heavy atom. The van der Waals surface area contributed by atoms with Gasteiger partial charge in [-0.15, -0.1) is 0 Å². The number of hydrogen-bond donors (Lipinski definition) is 2. The van der Waals surface area contributed by atoms with Crippen molar-refractivity contribution in [1.29, 1.82) is 0 Å². The van der Waals surface area contributed by atoms with E-state index < -0.39 is 0 Å². The van der Waals surface area contributed by atoms with Gasteiger partial charge in [0, 0.05) is 12.6 Å². The number of rotatable bonds is 5. The van der Waals surface area contributed by atoms with Gasteiger partial charge >= 0.3 is 0 Å². The van der Waals surface area contributed by atoms with Crippen molar-refractivity contribution in [2.45, 2.75) is 26.0 Å². The van der Waals surface area contributed by atoms with Gasteiger partial charge in [0.25, 0.3) is 0 Å². The Kier molecular flexibility index (Phi) is 4.59. The smallest absolute Gasteiger partial charge is 0.118 e. The van der Waals surface area contributed by atoms with Crippen LogP contribution in [0.25, 0.3) is 0 Å². The first kappa shape index (κ1) is 12.0. The van der Waals surface area contributed by atoms with Gasteiger partial charge in [0.1, 0.15) is 5.75 Å². The van der Waals surface area contributed by atoms with E-state index in [4.69, 9.17) is 9.84 Å². The third-order valence-corrected chi connectivity index (χ3v) is 2.34. The van der Waals surface area contributed by atoms with Crippen LogP contribution in [-0.2, 0) is 0 Å². The van der Waals surface area contributed by atoms with Gasteiger partial charge in [-0.1, -0.05) is 12.1 Å². The number of aliphatic hydroxyl groups is 1. The maximum Gasteiger partial charge on any atom is 0.118 e. The van der Waals surface area contributed by atoms with Crippen molar-refractivity contribution < 1.29 is 9.84 Å². The minimum Gasteiger partial charge on any atom is -0.497 e. The lowest BCUT2D eigenvalue weighted by Gasteiger charge is -2.15. The summed E-state index contributed by atoms with van der Waals surface area (Å²) in [6, 6.07) is 8.17. The molecule has 15 heavy (non-hydrogen) atoms. The summed E-state index contributed by atoms with van der Waals surface area (Å²) in [6.45, 7) is 4.45. The molecule has 1 rings (SSSR count). The second kappa shape index (κ2) is 5.73. The van der Waals surface area contributed by atoms with Gasteiger partial charge in [-0.25, -0.2) is 0 Å². The second-order valence-corrected chi connectivity index (χ2v) is 3.75. The molecule has 0 saturated heterocycles. The Labute approximate surface area is 91.1 Å². The van der Waals surface area contributed by atoms with Crippen molar-refractivity contribution >= 4 is 0 Å². The van der Waals surface area contributed by atoms with Gasteiger partial charge in [0.15, 0.2) is 0 Å². The minimum atomic E-state index is -0.314. The molecular weight excluding hydrogens is 190 g/mol. The van der Waals surface area contributed by atoms with Crippen LogP contribution in [0.15, 0.2) is 24.3 Å². The van der Waals surface area contributed by atoms with E-state index in [0.717, 1.165) is 5.75 Å². The highest BCUT2D eigenvalue weighted by atomic mass is 16.5. The second-order valence-electron chi connectivity index (χ2n) is 3.75. The summed E-state index contributed by atoms with van der Waals surface area (Å²) in [5.41, 5.74) is 1.19. The maximum absolute atomic E-state index is 9.15. The Morgan fingerprint density at radius 2 is 1.87 bits per heavy atom. The van der Waals surface area contributed by atoms with Crippen molar-refractivity contribution in [3.8, 4) is 5.75 Å². The van der Waals surface area contributed by atoms with E-state index in [9.17, 15) is 0 Å². The highest BCUT2D eigenvalue weighted by Gasteiger charge is 2.05. The van der Waals surface area contributed by atoms with E-state index in [-0.39, 0.29) is 12.1 Å². The van der Waals surface area contributed by atoms with Crippen LogP contribution in [-0.4, -0.2) is 24.9 Å². The van der Waals surface area contributed by atoms with Gasteiger partial charge in [-0.05, 0) is 31.5 Å². The van der Waals surface area contributed by atoms with Crippen LogP contribution in [0.2, 0.25) is 0 Å². The molecule has 1 aromatic rings. The Bertz CT molecular complexity index is 282. The van der Waals surface area contributed by atoms with Gasteiger partial charge in [0.2, 0.25) is 0 Å². The molecule has 0 bridgehead atoms. The highest BCUT2D eigenvalue weighted by molar-refractivity contribution is 5.28. The zero-order chi connectivity index (χ0) is 11.3. The Morgan fingerprint density at radius 1 is 1.27 bits per heavy atom. The van der Waals surface area contributed by atoms with Crippen LogP contribution in [0.1, 0.15) is 25.5 Å². The molecule has 0 heterocycles. The lowest BCUT2D eigenvalue weighted by molar-refractivity contribution is 0.187. The molecule has 0 radical (unpaired) electrons. The molecule has 2 N–H and O–H groups in total.